The van der Waals surface area contributed by atoms with Crippen LogP contribution in [-0.2, 0) is 38.5 Å². The SMILES string of the molecule is CCc1cc(CCCCCCCCCCCCCCCCCCCc2ccc(Cc3ccc(N)cc3)c(CC)c2)ccc1Cc1ccc(N)cc1. The predicted molar refractivity (Wildman–Crippen MR) is 225 cm³/mol. The van der Waals surface area contributed by atoms with Crippen LogP contribution in [0.3, 0.4) is 0 Å². The van der Waals surface area contributed by atoms with Crippen molar-refractivity contribution < 1.29 is 0 Å². The number of nitrogen functional groups attached to an aromatic ring is 2. The molecular weight excluding hydrogens is 617 g/mol. The van der Waals surface area contributed by atoms with Crippen molar-refractivity contribution in [3.8, 4) is 0 Å². The van der Waals surface area contributed by atoms with Gasteiger partial charge in [-0.05, 0) is 120 Å². The first-order valence-corrected chi connectivity index (χ1v) is 20.9. The summed E-state index contributed by atoms with van der Waals surface area (Å²) < 4.78 is 0. The lowest BCUT2D eigenvalue weighted by atomic mass is 9.94. The minimum Gasteiger partial charge on any atom is -0.399 e. The van der Waals surface area contributed by atoms with Gasteiger partial charge in [0.05, 0.1) is 0 Å². The van der Waals surface area contributed by atoms with Crippen molar-refractivity contribution in [1.29, 1.82) is 0 Å². The lowest BCUT2D eigenvalue weighted by Gasteiger charge is -2.11. The minimum absolute atomic E-state index is 0.838. The molecule has 0 atom stereocenters. The molecule has 0 aliphatic heterocycles. The van der Waals surface area contributed by atoms with Gasteiger partial charge in [-0.1, -0.05) is 171 Å². The molecule has 2 nitrogen and oxygen atoms in total. The molecule has 4 aromatic rings. The fourth-order valence-corrected chi connectivity index (χ4v) is 7.69. The van der Waals surface area contributed by atoms with Crippen LogP contribution in [0.4, 0.5) is 11.4 Å². The molecule has 0 heterocycles. The van der Waals surface area contributed by atoms with Gasteiger partial charge < -0.3 is 11.5 Å². The Morgan fingerprint density at radius 3 is 0.882 bits per heavy atom. The van der Waals surface area contributed by atoms with Crippen LogP contribution in [0.25, 0.3) is 0 Å². The molecule has 0 spiro atoms. The number of aryl methyl sites for hydroxylation is 4. The van der Waals surface area contributed by atoms with Crippen molar-refractivity contribution in [3.05, 3.63) is 129 Å². The Morgan fingerprint density at radius 2 is 0.588 bits per heavy atom. The maximum Gasteiger partial charge on any atom is 0.0314 e. The molecule has 2 heteroatoms. The van der Waals surface area contributed by atoms with Crippen LogP contribution < -0.4 is 11.5 Å². The normalized spacial score (nSPS) is 11.3. The van der Waals surface area contributed by atoms with Gasteiger partial charge in [0.25, 0.3) is 0 Å². The highest BCUT2D eigenvalue weighted by molar-refractivity contribution is 5.43. The first kappa shape index (κ1) is 40.3. The average Bonchev–Trinajstić information content (AvgIpc) is 3.15. The van der Waals surface area contributed by atoms with Gasteiger partial charge in [-0.3, -0.25) is 0 Å². The topological polar surface area (TPSA) is 52.0 Å². The number of hydrogen-bond donors (Lipinski definition) is 2. The van der Waals surface area contributed by atoms with E-state index in [9.17, 15) is 0 Å². The summed E-state index contributed by atoms with van der Waals surface area (Å²) in [5.74, 6) is 0. The van der Waals surface area contributed by atoms with Gasteiger partial charge in [0.15, 0.2) is 0 Å². The van der Waals surface area contributed by atoms with Gasteiger partial charge in [0.2, 0.25) is 0 Å². The Morgan fingerprint density at radius 1 is 0.314 bits per heavy atom. The molecule has 0 saturated heterocycles. The van der Waals surface area contributed by atoms with Crippen LogP contribution in [0.2, 0.25) is 0 Å². The molecule has 0 amide bonds. The van der Waals surface area contributed by atoms with Gasteiger partial charge in [0.1, 0.15) is 0 Å². The van der Waals surface area contributed by atoms with Crippen molar-refractivity contribution in [3.63, 3.8) is 0 Å². The molecule has 0 radical (unpaired) electrons. The summed E-state index contributed by atoms with van der Waals surface area (Å²) >= 11 is 0. The Balaban J connectivity index is 0.914. The van der Waals surface area contributed by atoms with E-state index >= 15 is 0 Å². The summed E-state index contributed by atoms with van der Waals surface area (Å²) in [6.07, 6.45) is 30.6. The smallest absolute Gasteiger partial charge is 0.0314 e. The lowest BCUT2D eigenvalue weighted by Crippen LogP contribution is -1.97. The molecule has 0 unspecified atom stereocenters. The lowest BCUT2D eigenvalue weighted by molar-refractivity contribution is 0.525. The highest BCUT2D eigenvalue weighted by Gasteiger charge is 2.07. The highest BCUT2D eigenvalue weighted by atomic mass is 14.5. The van der Waals surface area contributed by atoms with E-state index < -0.39 is 0 Å². The van der Waals surface area contributed by atoms with E-state index in [2.05, 4.69) is 74.5 Å². The quantitative estimate of drug-likeness (QED) is 0.0510. The summed E-state index contributed by atoms with van der Waals surface area (Å²) in [6, 6.07) is 31.0. The number of benzene rings is 4. The number of anilines is 2. The largest absolute Gasteiger partial charge is 0.399 e. The first-order chi connectivity index (χ1) is 25.0. The van der Waals surface area contributed by atoms with Crippen molar-refractivity contribution in [2.45, 2.75) is 162 Å². The van der Waals surface area contributed by atoms with Gasteiger partial charge in [-0.25, -0.2) is 0 Å². The molecule has 51 heavy (non-hydrogen) atoms. The van der Waals surface area contributed by atoms with Gasteiger partial charge in [0, 0.05) is 11.4 Å². The van der Waals surface area contributed by atoms with Crippen LogP contribution in [-0.4, -0.2) is 0 Å². The molecule has 4 rings (SSSR count). The molecular formula is C49H70N2. The highest BCUT2D eigenvalue weighted by Crippen LogP contribution is 2.22. The van der Waals surface area contributed by atoms with Crippen LogP contribution in [0, 0.1) is 0 Å². The van der Waals surface area contributed by atoms with E-state index in [1.54, 1.807) is 0 Å². The first-order valence-electron chi connectivity index (χ1n) is 20.9. The van der Waals surface area contributed by atoms with E-state index in [1.165, 1.54) is 167 Å². The monoisotopic (exact) mass is 687 g/mol. The van der Waals surface area contributed by atoms with E-state index in [0.29, 0.717) is 0 Å². The molecule has 0 aromatic heterocycles. The minimum atomic E-state index is 0.838. The van der Waals surface area contributed by atoms with Crippen molar-refractivity contribution in [2.24, 2.45) is 0 Å². The molecule has 0 aliphatic carbocycles. The third-order valence-electron chi connectivity index (χ3n) is 11.0. The fraction of sp³-hybridized carbons (Fsp3) is 0.510. The van der Waals surface area contributed by atoms with Crippen LogP contribution >= 0.6 is 0 Å². The number of nitrogens with two attached hydrogens (primary N) is 2. The van der Waals surface area contributed by atoms with Crippen molar-refractivity contribution in [1.82, 2.24) is 0 Å². The van der Waals surface area contributed by atoms with Gasteiger partial charge >= 0.3 is 0 Å². The molecule has 0 bridgehead atoms. The van der Waals surface area contributed by atoms with E-state index in [0.717, 1.165) is 37.1 Å². The third-order valence-corrected chi connectivity index (χ3v) is 11.0. The van der Waals surface area contributed by atoms with Gasteiger partial charge in [-0.15, -0.1) is 0 Å². The maximum absolute atomic E-state index is 5.86. The summed E-state index contributed by atoms with van der Waals surface area (Å²) in [5.41, 5.74) is 25.0. The second kappa shape index (κ2) is 23.9. The fourth-order valence-electron chi connectivity index (χ4n) is 7.69. The molecule has 0 fully saturated rings. The molecule has 4 N–H and O–H groups in total. The van der Waals surface area contributed by atoms with Crippen molar-refractivity contribution in [2.75, 3.05) is 11.5 Å². The predicted octanol–water partition coefficient (Wildman–Crippen LogP) is 13.6. The zero-order valence-electron chi connectivity index (χ0n) is 32.5. The summed E-state index contributed by atoms with van der Waals surface area (Å²) in [7, 11) is 0. The van der Waals surface area contributed by atoms with Crippen LogP contribution in [0.15, 0.2) is 84.9 Å². The molecule has 4 aromatic carbocycles. The number of unbranched alkanes of at least 4 members (excludes halogenated alkanes) is 16. The van der Waals surface area contributed by atoms with E-state index in [1.807, 2.05) is 24.3 Å². The van der Waals surface area contributed by atoms with Gasteiger partial charge in [-0.2, -0.15) is 0 Å². The maximum atomic E-state index is 5.86. The van der Waals surface area contributed by atoms with E-state index in [4.69, 9.17) is 11.5 Å². The zero-order chi connectivity index (χ0) is 35.9. The Bertz CT molecular complexity index is 1390. The summed E-state index contributed by atoms with van der Waals surface area (Å²) in [5, 5.41) is 0. The second-order valence-corrected chi connectivity index (χ2v) is 15.3. The Labute approximate surface area is 312 Å². The Hall–Kier alpha value is -3.52. The number of hydrogen-bond acceptors (Lipinski definition) is 2. The zero-order valence-corrected chi connectivity index (χ0v) is 32.5. The molecule has 276 valence electrons. The van der Waals surface area contributed by atoms with Crippen molar-refractivity contribution >= 4 is 11.4 Å². The number of rotatable bonds is 26. The Kier molecular flexibility index (Phi) is 18.8. The summed E-state index contributed by atoms with van der Waals surface area (Å²) in [6.45, 7) is 4.56. The average molecular weight is 687 g/mol. The molecule has 0 saturated carbocycles. The molecule has 0 aliphatic rings. The van der Waals surface area contributed by atoms with E-state index in [-0.39, 0.29) is 0 Å². The van der Waals surface area contributed by atoms with Crippen LogP contribution in [0.1, 0.15) is 168 Å². The summed E-state index contributed by atoms with van der Waals surface area (Å²) in [4.78, 5) is 0. The third kappa shape index (κ3) is 15.7. The second-order valence-electron chi connectivity index (χ2n) is 15.3. The standard InChI is InChI=1S/C49H70N2/c1-3-44-36-40(24-30-46(44)38-42-26-32-48(50)33-27-42)22-20-18-16-14-12-10-8-6-5-7-9-11-13-15-17-19-21-23-41-25-31-47(45(4-2)37-41)39-43-28-34-49(51)35-29-43/h24-37H,3-23,38-39,50-51H2,1-2H3. The van der Waals surface area contributed by atoms with Crippen LogP contribution in [0.5, 0.6) is 0 Å².